The molecule has 0 atom stereocenters. The minimum Gasteiger partial charge on any atom is -0.355 e. The molecule has 1 aromatic rings. The van der Waals surface area contributed by atoms with Gasteiger partial charge in [-0.3, -0.25) is 4.99 Å². The van der Waals surface area contributed by atoms with Gasteiger partial charge < -0.3 is 10.2 Å². The molecular formula is C16H27N3O2S2. The van der Waals surface area contributed by atoms with Crippen molar-refractivity contribution in [1.82, 2.24) is 10.2 Å². The van der Waals surface area contributed by atoms with Gasteiger partial charge in [0.2, 0.25) is 0 Å². The van der Waals surface area contributed by atoms with Crippen LogP contribution in [0.15, 0.2) is 22.5 Å². The van der Waals surface area contributed by atoms with Gasteiger partial charge in [-0.05, 0) is 25.3 Å². The van der Waals surface area contributed by atoms with Crippen molar-refractivity contribution in [1.29, 1.82) is 0 Å². The van der Waals surface area contributed by atoms with Crippen LogP contribution in [0.1, 0.15) is 32.6 Å². The zero-order valence-corrected chi connectivity index (χ0v) is 16.2. The highest BCUT2D eigenvalue weighted by molar-refractivity contribution is 7.92. The lowest BCUT2D eigenvalue weighted by Crippen LogP contribution is -2.58. The molecule has 1 aliphatic rings. The normalized spacial score (nSPS) is 21.3. The van der Waals surface area contributed by atoms with Crippen LogP contribution in [0, 0.1) is 0 Å². The van der Waals surface area contributed by atoms with Gasteiger partial charge in [-0.15, -0.1) is 11.3 Å². The average molecular weight is 358 g/mol. The molecule has 1 aliphatic heterocycles. The molecule has 23 heavy (non-hydrogen) atoms. The molecule has 1 aromatic heterocycles. The third-order valence-corrected chi connectivity index (χ3v) is 8.20. The Hall–Kier alpha value is -1.08. The fourth-order valence-electron chi connectivity index (χ4n) is 2.71. The molecule has 130 valence electrons. The molecule has 1 fully saturated rings. The van der Waals surface area contributed by atoms with Crippen LogP contribution in [0.2, 0.25) is 0 Å². The molecule has 2 rings (SSSR count). The zero-order chi connectivity index (χ0) is 17.3. The lowest BCUT2D eigenvalue weighted by atomic mass is 9.91. The van der Waals surface area contributed by atoms with E-state index in [0.29, 0.717) is 13.1 Å². The third-order valence-electron chi connectivity index (χ3n) is 4.43. The zero-order valence-electron chi connectivity index (χ0n) is 14.6. The SMILES string of the molecule is CN=C(NCC(C)(C)c1cccs1)N1CCS(=O)(=O)C(C)(C)C1. The monoisotopic (exact) mass is 357 g/mol. The summed E-state index contributed by atoms with van der Waals surface area (Å²) in [4.78, 5) is 7.72. The van der Waals surface area contributed by atoms with Crippen molar-refractivity contribution in [3.8, 4) is 0 Å². The Balaban J connectivity index is 2.05. The molecule has 0 bridgehead atoms. The second-order valence-corrected chi connectivity index (χ2v) is 11.0. The largest absolute Gasteiger partial charge is 0.355 e. The van der Waals surface area contributed by atoms with Crippen LogP contribution in [0.5, 0.6) is 0 Å². The van der Waals surface area contributed by atoms with Crippen molar-refractivity contribution in [3.63, 3.8) is 0 Å². The van der Waals surface area contributed by atoms with Crippen LogP contribution < -0.4 is 5.32 Å². The summed E-state index contributed by atoms with van der Waals surface area (Å²) >= 11 is 1.75. The van der Waals surface area contributed by atoms with Gasteiger partial charge in [-0.25, -0.2) is 8.42 Å². The van der Waals surface area contributed by atoms with E-state index in [9.17, 15) is 8.42 Å². The van der Waals surface area contributed by atoms with E-state index in [2.05, 4.69) is 41.7 Å². The summed E-state index contributed by atoms with van der Waals surface area (Å²) in [6, 6.07) is 4.21. The van der Waals surface area contributed by atoms with Gasteiger partial charge in [0.1, 0.15) is 0 Å². The number of hydrogen-bond acceptors (Lipinski definition) is 4. The van der Waals surface area contributed by atoms with E-state index in [-0.39, 0.29) is 11.2 Å². The first-order valence-electron chi connectivity index (χ1n) is 7.81. The quantitative estimate of drug-likeness (QED) is 0.665. The van der Waals surface area contributed by atoms with Crippen molar-refractivity contribution in [2.45, 2.75) is 37.9 Å². The second-order valence-electron chi connectivity index (χ2n) is 7.26. The fourth-order valence-corrected chi connectivity index (χ4v) is 4.93. The minimum absolute atomic E-state index is 0.00148. The fraction of sp³-hybridized carbons (Fsp3) is 0.688. The molecule has 0 unspecified atom stereocenters. The van der Waals surface area contributed by atoms with Crippen molar-refractivity contribution in [3.05, 3.63) is 22.4 Å². The summed E-state index contributed by atoms with van der Waals surface area (Å²) in [5.41, 5.74) is 0.00148. The third kappa shape index (κ3) is 3.88. The first-order valence-corrected chi connectivity index (χ1v) is 10.3. The summed E-state index contributed by atoms with van der Waals surface area (Å²) in [5.74, 6) is 0.951. The summed E-state index contributed by atoms with van der Waals surface area (Å²) in [6.07, 6.45) is 0. The van der Waals surface area contributed by atoms with E-state index in [1.807, 2.05) is 4.90 Å². The van der Waals surface area contributed by atoms with Crippen LogP contribution >= 0.6 is 11.3 Å². The van der Waals surface area contributed by atoms with Crippen LogP contribution in [-0.2, 0) is 15.3 Å². The number of nitrogens with one attached hydrogen (secondary N) is 1. The highest BCUT2D eigenvalue weighted by atomic mass is 32.2. The lowest BCUT2D eigenvalue weighted by Gasteiger charge is -2.39. The number of aliphatic imine (C=N–C) groups is 1. The Kier molecular flexibility index (Phi) is 5.11. The van der Waals surface area contributed by atoms with Crippen LogP contribution in [0.4, 0.5) is 0 Å². The Labute approximate surface area is 143 Å². The molecule has 0 aliphatic carbocycles. The molecule has 1 saturated heterocycles. The number of hydrogen-bond donors (Lipinski definition) is 1. The summed E-state index contributed by atoms with van der Waals surface area (Å²) < 4.78 is 23.5. The van der Waals surface area contributed by atoms with Gasteiger partial charge in [0.15, 0.2) is 15.8 Å². The van der Waals surface area contributed by atoms with Crippen molar-refractivity contribution in [2.75, 3.05) is 32.4 Å². The lowest BCUT2D eigenvalue weighted by molar-refractivity contribution is 0.349. The molecule has 5 nitrogen and oxygen atoms in total. The van der Waals surface area contributed by atoms with Gasteiger partial charge in [0.05, 0.1) is 10.5 Å². The van der Waals surface area contributed by atoms with Crippen molar-refractivity contribution < 1.29 is 8.42 Å². The Bertz CT molecular complexity index is 662. The molecule has 0 radical (unpaired) electrons. The van der Waals surface area contributed by atoms with Crippen LogP contribution in [0.3, 0.4) is 0 Å². The molecule has 0 spiro atoms. The van der Waals surface area contributed by atoms with E-state index in [1.165, 1.54) is 4.88 Å². The average Bonchev–Trinajstić information content (AvgIpc) is 2.98. The maximum Gasteiger partial charge on any atom is 0.193 e. The molecule has 7 heteroatoms. The molecule has 0 amide bonds. The Morgan fingerprint density at radius 2 is 2.17 bits per heavy atom. The van der Waals surface area contributed by atoms with Crippen LogP contribution in [-0.4, -0.2) is 56.5 Å². The Morgan fingerprint density at radius 1 is 1.48 bits per heavy atom. The predicted molar refractivity (Wildman–Crippen MR) is 98.1 cm³/mol. The van der Waals surface area contributed by atoms with Gasteiger partial charge in [-0.1, -0.05) is 19.9 Å². The van der Waals surface area contributed by atoms with Crippen molar-refractivity contribution in [2.24, 2.45) is 4.99 Å². The highest BCUT2D eigenvalue weighted by Crippen LogP contribution is 2.27. The number of nitrogens with zero attached hydrogens (tertiary/aromatic N) is 2. The van der Waals surface area contributed by atoms with E-state index in [0.717, 1.165) is 12.5 Å². The number of rotatable bonds is 3. The standard InChI is InChI=1S/C16H27N3O2S2/c1-15(2,13-7-6-9-22-13)11-18-14(17-5)19-8-10-23(20,21)16(3,4)12-19/h6-7,9H,8,10-12H2,1-5H3,(H,17,18). The van der Waals surface area contributed by atoms with E-state index in [4.69, 9.17) is 0 Å². The molecule has 0 saturated carbocycles. The molecular weight excluding hydrogens is 330 g/mol. The van der Waals surface area contributed by atoms with E-state index < -0.39 is 14.6 Å². The second kappa shape index (κ2) is 6.43. The minimum atomic E-state index is -3.04. The summed E-state index contributed by atoms with van der Waals surface area (Å²) in [6.45, 7) is 9.69. The van der Waals surface area contributed by atoms with Gasteiger partial charge in [0, 0.05) is 37.0 Å². The molecule has 0 aromatic carbocycles. The summed E-state index contributed by atoms with van der Waals surface area (Å²) in [7, 11) is -1.29. The first kappa shape index (κ1) is 18.3. The summed E-state index contributed by atoms with van der Waals surface area (Å²) in [5, 5.41) is 5.51. The highest BCUT2D eigenvalue weighted by Gasteiger charge is 2.41. The van der Waals surface area contributed by atoms with E-state index >= 15 is 0 Å². The molecule has 1 N–H and O–H groups in total. The smallest absolute Gasteiger partial charge is 0.193 e. The van der Waals surface area contributed by atoms with Gasteiger partial charge >= 0.3 is 0 Å². The number of guanidine groups is 1. The maximum absolute atomic E-state index is 12.1. The van der Waals surface area contributed by atoms with Gasteiger partial charge in [-0.2, -0.15) is 0 Å². The van der Waals surface area contributed by atoms with Gasteiger partial charge in [0.25, 0.3) is 0 Å². The van der Waals surface area contributed by atoms with E-state index in [1.54, 1.807) is 32.2 Å². The number of thiophene rings is 1. The molecule has 2 heterocycles. The number of sulfone groups is 1. The topological polar surface area (TPSA) is 61.8 Å². The van der Waals surface area contributed by atoms with Crippen molar-refractivity contribution >= 4 is 27.1 Å². The maximum atomic E-state index is 12.1. The first-order chi connectivity index (χ1) is 10.6. The van der Waals surface area contributed by atoms with Crippen LogP contribution in [0.25, 0.3) is 0 Å². The Morgan fingerprint density at radius 3 is 2.70 bits per heavy atom. The predicted octanol–water partition coefficient (Wildman–Crippen LogP) is 2.11.